The Morgan fingerprint density at radius 1 is 1.18 bits per heavy atom. The topological polar surface area (TPSA) is 85.2 Å². The Labute approximate surface area is 228 Å². The second-order valence-corrected chi connectivity index (χ2v) is 11.6. The molecule has 0 radical (unpaired) electrons. The maximum atomic E-state index is 13.1. The van der Waals surface area contributed by atoms with Crippen LogP contribution in [0, 0.1) is 8.98 Å². The number of aryl methyl sites for hydroxylation is 1. The van der Waals surface area contributed by atoms with Gasteiger partial charge in [0.05, 0.1) is 20.1 Å². The van der Waals surface area contributed by atoms with Crippen molar-refractivity contribution in [1.82, 2.24) is 10.2 Å². The Morgan fingerprint density at radius 2 is 1.94 bits per heavy atom. The van der Waals surface area contributed by atoms with E-state index < -0.39 is 5.92 Å². The molecule has 0 aliphatic carbocycles. The van der Waals surface area contributed by atoms with Gasteiger partial charge < -0.3 is 9.47 Å². The number of allylic oxidation sites excluding steroid dienone is 1. The summed E-state index contributed by atoms with van der Waals surface area (Å²) in [6.07, 6.45) is 2.57. The summed E-state index contributed by atoms with van der Waals surface area (Å²) in [6, 6.07) is 11.8. The number of nitrogens with zero attached hydrogens (tertiary/aromatic N) is 2. The van der Waals surface area contributed by atoms with Crippen molar-refractivity contribution >= 4 is 78.5 Å². The molecular formula is C24H21BrIN3O3S2. The Kier molecular flexibility index (Phi) is 8.43. The number of carbonyl (C=O) groups is 1. The Morgan fingerprint density at radius 3 is 2.62 bits per heavy atom. The first-order valence-corrected chi connectivity index (χ1v) is 14.1. The van der Waals surface area contributed by atoms with Gasteiger partial charge in [-0.3, -0.25) is 10.2 Å². The first-order chi connectivity index (χ1) is 16.4. The molecule has 0 bridgehead atoms. The molecule has 0 unspecified atom stereocenters. The number of carbonyl (C=O) groups excluding carboxylic acids is 1. The highest BCUT2D eigenvalue weighted by atomic mass is 127. The molecule has 1 fully saturated rings. The summed E-state index contributed by atoms with van der Waals surface area (Å²) in [5, 5.41) is 18.4. The molecule has 0 amide bonds. The minimum absolute atomic E-state index is 0.114. The van der Waals surface area contributed by atoms with E-state index in [0.29, 0.717) is 34.6 Å². The average Bonchev–Trinajstić information content (AvgIpc) is 3.38. The minimum atomic E-state index is -0.659. The van der Waals surface area contributed by atoms with Gasteiger partial charge in [0, 0.05) is 4.47 Å². The number of hydrogen-bond acceptors (Lipinski definition) is 8. The maximum absolute atomic E-state index is 13.1. The third-order valence-electron chi connectivity index (χ3n) is 4.94. The molecule has 3 aromatic rings. The number of aromatic nitrogens is 2. The van der Waals surface area contributed by atoms with Crippen molar-refractivity contribution in [3.05, 3.63) is 70.5 Å². The number of halogens is 2. The molecule has 4 rings (SSSR count). The molecular weight excluding hydrogens is 649 g/mol. The van der Waals surface area contributed by atoms with E-state index in [0.717, 1.165) is 30.6 Å². The summed E-state index contributed by atoms with van der Waals surface area (Å²) in [5.41, 5.74) is 1.87. The largest absolute Gasteiger partial charge is 0.490 e. The molecule has 0 spiro atoms. The normalized spacial score (nSPS) is 16.9. The molecule has 1 atom stereocenters. The number of rotatable bonds is 8. The number of ether oxygens (including phenoxy) is 2. The van der Waals surface area contributed by atoms with Crippen LogP contribution in [0.1, 0.15) is 40.9 Å². The molecule has 1 N–H and O–H groups in total. The van der Waals surface area contributed by atoms with E-state index in [4.69, 9.17) is 14.9 Å². The molecule has 2 heterocycles. The van der Waals surface area contributed by atoms with Gasteiger partial charge in [-0.25, -0.2) is 0 Å². The molecule has 176 valence electrons. The summed E-state index contributed by atoms with van der Waals surface area (Å²) < 4.78 is 13.9. The third kappa shape index (κ3) is 5.72. The lowest BCUT2D eigenvalue weighted by Crippen LogP contribution is -2.11. The van der Waals surface area contributed by atoms with Crippen molar-refractivity contribution in [3.63, 3.8) is 0 Å². The van der Waals surface area contributed by atoms with Crippen molar-refractivity contribution in [3.8, 4) is 11.5 Å². The fourth-order valence-corrected chi connectivity index (χ4v) is 6.30. The summed E-state index contributed by atoms with van der Waals surface area (Å²) in [4.78, 5) is 13.6. The monoisotopic (exact) mass is 669 g/mol. The fraction of sp³-hybridized carbons (Fsp3) is 0.250. The quantitative estimate of drug-likeness (QED) is 0.208. The van der Waals surface area contributed by atoms with E-state index in [-0.39, 0.29) is 10.8 Å². The van der Waals surface area contributed by atoms with Crippen LogP contribution in [0.5, 0.6) is 11.5 Å². The van der Waals surface area contributed by atoms with Gasteiger partial charge in [0.15, 0.2) is 17.3 Å². The fourth-order valence-electron chi connectivity index (χ4n) is 3.30. The molecule has 34 heavy (non-hydrogen) atoms. The maximum Gasteiger partial charge on any atom is 0.186 e. The first kappa shape index (κ1) is 25.3. The number of Topliss-reactive ketones (excluding diaryl/α,β-unsaturated/α-hetero) is 1. The zero-order valence-corrected chi connectivity index (χ0v) is 23.8. The highest BCUT2D eigenvalue weighted by molar-refractivity contribution is 14.1. The number of hydrogen-bond donors (Lipinski definition) is 1. The Bertz CT molecular complexity index is 1260. The summed E-state index contributed by atoms with van der Waals surface area (Å²) in [5.74, 6) is 0.520. The van der Waals surface area contributed by atoms with Crippen molar-refractivity contribution in [2.24, 2.45) is 0 Å². The minimum Gasteiger partial charge on any atom is -0.490 e. The predicted molar refractivity (Wildman–Crippen MR) is 149 cm³/mol. The van der Waals surface area contributed by atoms with Crippen LogP contribution in [0.15, 0.2) is 45.8 Å². The van der Waals surface area contributed by atoms with E-state index >= 15 is 0 Å². The van der Waals surface area contributed by atoms with E-state index in [1.165, 1.54) is 23.1 Å². The molecule has 1 aliphatic heterocycles. The van der Waals surface area contributed by atoms with Gasteiger partial charge in [-0.15, -0.1) is 21.5 Å². The van der Waals surface area contributed by atoms with Crippen LogP contribution in [-0.4, -0.2) is 27.6 Å². The average molecular weight is 670 g/mol. The summed E-state index contributed by atoms with van der Waals surface area (Å²) >= 11 is 8.25. The second kappa shape index (κ2) is 11.3. The highest BCUT2D eigenvalue weighted by Gasteiger charge is 2.39. The van der Waals surface area contributed by atoms with Gasteiger partial charge in [0.25, 0.3) is 0 Å². The van der Waals surface area contributed by atoms with Crippen LogP contribution >= 0.6 is 61.6 Å². The van der Waals surface area contributed by atoms with Crippen molar-refractivity contribution in [1.29, 1.82) is 5.41 Å². The smallest absolute Gasteiger partial charge is 0.186 e. The van der Waals surface area contributed by atoms with E-state index in [1.54, 1.807) is 0 Å². The number of ketones is 1. The lowest BCUT2D eigenvalue weighted by Gasteiger charge is -2.15. The van der Waals surface area contributed by atoms with Crippen LogP contribution in [0.4, 0.5) is 0 Å². The first-order valence-electron chi connectivity index (χ1n) is 10.6. The Balaban J connectivity index is 1.58. The molecule has 0 saturated carbocycles. The molecule has 1 saturated heterocycles. The third-order valence-corrected chi connectivity index (χ3v) is 8.40. The van der Waals surface area contributed by atoms with Crippen molar-refractivity contribution < 1.29 is 14.3 Å². The second-order valence-electron chi connectivity index (χ2n) is 7.34. The predicted octanol–water partition coefficient (Wildman–Crippen LogP) is 6.86. The van der Waals surface area contributed by atoms with Gasteiger partial charge >= 0.3 is 0 Å². The molecule has 1 aliphatic rings. The number of nitrogens with one attached hydrogen (secondary N) is 1. The van der Waals surface area contributed by atoms with Gasteiger partial charge in [-0.05, 0) is 77.4 Å². The van der Waals surface area contributed by atoms with Gasteiger partial charge in [0.2, 0.25) is 0 Å². The zero-order chi connectivity index (χ0) is 24.2. The molecule has 6 nitrogen and oxygen atoms in total. The van der Waals surface area contributed by atoms with E-state index in [2.05, 4.69) is 48.7 Å². The Hall–Kier alpha value is -1.76. The molecule has 1 aromatic heterocycles. The standard InChI is InChI=1S/C24H21BrIN3O3S2/c1-3-19-28-29-24(34-19)20-21(30)18(33-23(20)27)11-14-9-16(26)22(17(10-14)31-4-2)32-12-13-5-7-15(25)8-6-13/h5-11,20,27H,3-4,12H2,1-2H3/b18-11-,27-23?/t20-/m0/s1. The zero-order valence-electron chi connectivity index (χ0n) is 18.4. The van der Waals surface area contributed by atoms with Crippen LogP contribution < -0.4 is 9.47 Å². The van der Waals surface area contributed by atoms with Crippen LogP contribution in [-0.2, 0) is 17.8 Å². The van der Waals surface area contributed by atoms with Gasteiger partial charge in [0.1, 0.15) is 22.5 Å². The SMILES string of the molecule is CCOc1cc(/C=C2\SC(=N)[C@@H](c3nnc(CC)s3)C2=O)cc(I)c1OCc1ccc(Br)cc1. The molecule has 2 aromatic carbocycles. The highest BCUT2D eigenvalue weighted by Crippen LogP contribution is 2.42. The number of benzene rings is 2. The van der Waals surface area contributed by atoms with E-state index in [9.17, 15) is 4.79 Å². The van der Waals surface area contributed by atoms with Gasteiger partial charge in [-0.2, -0.15) is 0 Å². The molecule has 10 heteroatoms. The van der Waals surface area contributed by atoms with Crippen LogP contribution in [0.2, 0.25) is 0 Å². The van der Waals surface area contributed by atoms with Crippen LogP contribution in [0.25, 0.3) is 6.08 Å². The lowest BCUT2D eigenvalue weighted by molar-refractivity contribution is -0.114. The van der Waals surface area contributed by atoms with Gasteiger partial charge in [-0.1, -0.05) is 46.7 Å². The summed E-state index contributed by atoms with van der Waals surface area (Å²) in [6.45, 7) is 4.82. The van der Waals surface area contributed by atoms with Crippen molar-refractivity contribution in [2.45, 2.75) is 32.8 Å². The van der Waals surface area contributed by atoms with Crippen molar-refractivity contribution in [2.75, 3.05) is 6.61 Å². The summed E-state index contributed by atoms with van der Waals surface area (Å²) in [7, 11) is 0. The lowest BCUT2D eigenvalue weighted by atomic mass is 10.0. The van der Waals surface area contributed by atoms with E-state index in [1.807, 2.05) is 56.3 Å². The number of thioether (sulfide) groups is 1. The van der Waals surface area contributed by atoms with Crippen LogP contribution in [0.3, 0.4) is 0 Å².